The molecule has 1 N–H and O–H groups in total. The van der Waals surface area contributed by atoms with Crippen LogP contribution in [0.25, 0.3) is 22.3 Å². The summed E-state index contributed by atoms with van der Waals surface area (Å²) in [6.07, 6.45) is 1.43. The van der Waals surface area contributed by atoms with Gasteiger partial charge in [0.2, 0.25) is 0 Å². The van der Waals surface area contributed by atoms with Crippen LogP contribution in [0, 0.1) is 5.82 Å². The summed E-state index contributed by atoms with van der Waals surface area (Å²) in [5, 5.41) is 14.3. The highest BCUT2D eigenvalue weighted by molar-refractivity contribution is 5.83. The van der Waals surface area contributed by atoms with Crippen LogP contribution in [0.15, 0.2) is 70.6 Å². The second-order valence-electron chi connectivity index (χ2n) is 6.62. The molecule has 0 aliphatic rings. The lowest BCUT2D eigenvalue weighted by Crippen LogP contribution is -2.20. The van der Waals surface area contributed by atoms with E-state index in [1.807, 2.05) is 0 Å². The summed E-state index contributed by atoms with van der Waals surface area (Å²) in [6, 6.07) is 15.2. The predicted octanol–water partition coefficient (Wildman–Crippen LogP) is 3.81. The molecule has 0 fully saturated rings. The number of methoxy groups -OCH3 is 2. The van der Waals surface area contributed by atoms with E-state index in [0.29, 0.717) is 28.1 Å². The minimum absolute atomic E-state index is 0.0562. The Morgan fingerprint density at radius 3 is 2.45 bits per heavy atom. The van der Waals surface area contributed by atoms with E-state index in [4.69, 9.17) is 9.47 Å². The first kappa shape index (κ1) is 20.1. The third-order valence-corrected chi connectivity index (χ3v) is 4.66. The van der Waals surface area contributed by atoms with E-state index in [9.17, 15) is 14.3 Å². The normalized spacial score (nSPS) is 11.2. The van der Waals surface area contributed by atoms with Crippen LogP contribution >= 0.6 is 0 Å². The minimum atomic E-state index is -0.468. The van der Waals surface area contributed by atoms with E-state index in [0.717, 1.165) is 4.68 Å². The molecule has 0 aliphatic carbocycles. The summed E-state index contributed by atoms with van der Waals surface area (Å²) < 4.78 is 25.0. The smallest absolute Gasteiger partial charge is 0.282 e. The molecule has 4 aromatic rings. The van der Waals surface area contributed by atoms with Gasteiger partial charge in [-0.3, -0.25) is 4.79 Å². The van der Waals surface area contributed by atoms with Gasteiger partial charge in [0.25, 0.3) is 5.56 Å². The Bertz CT molecular complexity index is 1350. The Morgan fingerprint density at radius 1 is 1.00 bits per heavy atom. The number of hydrogen-bond donors (Lipinski definition) is 1. The summed E-state index contributed by atoms with van der Waals surface area (Å²) in [4.78, 5) is 17.8. The van der Waals surface area contributed by atoms with Gasteiger partial charge in [-0.05, 0) is 54.1 Å². The summed E-state index contributed by atoms with van der Waals surface area (Å²) in [6.45, 7) is 0. The molecule has 1 heterocycles. The largest absolute Gasteiger partial charge is 0.508 e. The number of aromatic hydroxyl groups is 1. The van der Waals surface area contributed by atoms with Gasteiger partial charge in [0.15, 0.2) is 17.3 Å². The first-order valence-corrected chi connectivity index (χ1v) is 9.28. The van der Waals surface area contributed by atoms with Gasteiger partial charge < -0.3 is 14.6 Å². The highest BCUT2D eigenvalue weighted by atomic mass is 19.1. The minimum Gasteiger partial charge on any atom is -0.508 e. The second-order valence-corrected chi connectivity index (χ2v) is 6.62. The van der Waals surface area contributed by atoms with E-state index in [-0.39, 0.29) is 22.8 Å². The number of aromatic nitrogens is 2. The van der Waals surface area contributed by atoms with Crippen LogP contribution in [-0.2, 0) is 0 Å². The van der Waals surface area contributed by atoms with Crippen molar-refractivity contribution >= 4 is 17.1 Å². The van der Waals surface area contributed by atoms with Crippen molar-refractivity contribution in [3.63, 3.8) is 0 Å². The molecule has 8 heteroatoms. The van der Waals surface area contributed by atoms with Crippen LogP contribution < -0.4 is 15.0 Å². The fourth-order valence-electron chi connectivity index (χ4n) is 3.11. The molecule has 0 bridgehead atoms. The fourth-order valence-corrected chi connectivity index (χ4v) is 3.11. The Morgan fingerprint density at radius 2 is 1.74 bits per heavy atom. The zero-order valence-electron chi connectivity index (χ0n) is 16.7. The van der Waals surface area contributed by atoms with Gasteiger partial charge >= 0.3 is 0 Å². The van der Waals surface area contributed by atoms with Crippen molar-refractivity contribution in [2.75, 3.05) is 14.2 Å². The molecule has 0 saturated carbocycles. The molecule has 0 spiro atoms. The van der Waals surface area contributed by atoms with Crippen LogP contribution in [0.1, 0.15) is 5.56 Å². The monoisotopic (exact) mass is 419 g/mol. The van der Waals surface area contributed by atoms with Gasteiger partial charge in [0.1, 0.15) is 11.6 Å². The van der Waals surface area contributed by atoms with Crippen molar-refractivity contribution in [3.05, 3.63) is 82.4 Å². The molecular weight excluding hydrogens is 401 g/mol. The molecule has 0 radical (unpaired) electrons. The number of phenols is 1. The van der Waals surface area contributed by atoms with E-state index >= 15 is 0 Å². The first-order valence-electron chi connectivity index (χ1n) is 9.28. The highest BCUT2D eigenvalue weighted by Gasteiger charge is 2.15. The van der Waals surface area contributed by atoms with E-state index in [1.54, 1.807) is 36.4 Å². The lowest BCUT2D eigenvalue weighted by Gasteiger charge is -2.12. The summed E-state index contributed by atoms with van der Waals surface area (Å²) >= 11 is 0. The van der Waals surface area contributed by atoms with Crippen LogP contribution in [0.2, 0.25) is 0 Å². The van der Waals surface area contributed by atoms with Crippen LogP contribution in [0.3, 0.4) is 0 Å². The Labute approximate surface area is 176 Å². The van der Waals surface area contributed by atoms with E-state index < -0.39 is 5.56 Å². The summed E-state index contributed by atoms with van der Waals surface area (Å²) in [5.74, 6) is 0.833. The lowest BCUT2D eigenvalue weighted by molar-refractivity contribution is 0.355. The molecule has 3 aromatic carbocycles. The Kier molecular flexibility index (Phi) is 5.36. The second kappa shape index (κ2) is 8.27. The van der Waals surface area contributed by atoms with E-state index in [1.165, 1.54) is 44.7 Å². The maximum absolute atomic E-state index is 13.2. The molecule has 0 amide bonds. The van der Waals surface area contributed by atoms with Crippen molar-refractivity contribution in [1.29, 1.82) is 0 Å². The van der Waals surface area contributed by atoms with Crippen molar-refractivity contribution in [2.45, 2.75) is 0 Å². The molecule has 1 aromatic heterocycles. The Balaban J connectivity index is 1.95. The number of ether oxygens (including phenoxy) is 2. The molecule has 0 aliphatic heterocycles. The van der Waals surface area contributed by atoms with Gasteiger partial charge in [0.05, 0.1) is 31.3 Å². The number of nitrogens with zero attached hydrogens (tertiary/aromatic N) is 3. The SMILES string of the molecule is COc1ccc(-c2nc3ccc(O)cc3c(=O)n2N=Cc2ccc(F)cc2)cc1OC. The third kappa shape index (κ3) is 3.95. The maximum atomic E-state index is 13.2. The molecule has 4 rings (SSSR count). The predicted molar refractivity (Wildman–Crippen MR) is 116 cm³/mol. The average Bonchev–Trinajstić information content (AvgIpc) is 2.79. The molecule has 0 saturated heterocycles. The lowest BCUT2D eigenvalue weighted by atomic mass is 10.1. The topological polar surface area (TPSA) is 85.9 Å². The van der Waals surface area contributed by atoms with Gasteiger partial charge in [-0.25, -0.2) is 9.37 Å². The van der Waals surface area contributed by atoms with Gasteiger partial charge in [-0.15, -0.1) is 0 Å². The highest BCUT2D eigenvalue weighted by Crippen LogP contribution is 2.32. The van der Waals surface area contributed by atoms with Crippen molar-refractivity contribution < 1.29 is 19.0 Å². The van der Waals surface area contributed by atoms with Crippen molar-refractivity contribution in [2.24, 2.45) is 5.10 Å². The first-order chi connectivity index (χ1) is 15.0. The van der Waals surface area contributed by atoms with E-state index in [2.05, 4.69) is 10.1 Å². The average molecular weight is 419 g/mol. The number of hydrogen-bond acceptors (Lipinski definition) is 6. The van der Waals surface area contributed by atoms with Crippen LogP contribution in [0.5, 0.6) is 17.2 Å². The Hall–Kier alpha value is -4.20. The summed E-state index contributed by atoms with van der Waals surface area (Å²) in [7, 11) is 3.04. The fraction of sp³-hybridized carbons (Fsp3) is 0.0870. The maximum Gasteiger partial charge on any atom is 0.282 e. The standard InChI is InChI=1S/C23H18FN3O4/c1-30-20-10-5-15(11-21(20)31-2)22-26-19-9-8-17(28)12-18(19)23(29)27(22)25-13-14-3-6-16(24)7-4-14/h3-13,28H,1-2H3. The van der Waals surface area contributed by atoms with Crippen LogP contribution in [0.4, 0.5) is 4.39 Å². The summed E-state index contributed by atoms with van der Waals surface area (Å²) in [5.41, 5.74) is 1.11. The van der Waals surface area contributed by atoms with Gasteiger partial charge in [-0.2, -0.15) is 9.78 Å². The number of fused-ring (bicyclic) bond motifs is 1. The molecule has 0 atom stereocenters. The number of benzene rings is 3. The third-order valence-electron chi connectivity index (χ3n) is 4.66. The number of halogens is 1. The molecular formula is C23H18FN3O4. The zero-order valence-corrected chi connectivity index (χ0v) is 16.7. The van der Waals surface area contributed by atoms with Crippen molar-refractivity contribution in [1.82, 2.24) is 9.66 Å². The zero-order chi connectivity index (χ0) is 22.0. The molecule has 156 valence electrons. The molecule has 31 heavy (non-hydrogen) atoms. The number of phenolic OH excluding ortho intramolecular Hbond substituents is 1. The quantitative estimate of drug-likeness (QED) is 0.497. The van der Waals surface area contributed by atoms with Crippen molar-refractivity contribution in [3.8, 4) is 28.6 Å². The molecule has 7 nitrogen and oxygen atoms in total. The van der Waals surface area contributed by atoms with Crippen LogP contribution in [-0.4, -0.2) is 35.2 Å². The van der Waals surface area contributed by atoms with Gasteiger partial charge in [0, 0.05) is 5.56 Å². The molecule has 0 unspecified atom stereocenters. The number of rotatable bonds is 5. The van der Waals surface area contributed by atoms with Gasteiger partial charge in [-0.1, -0.05) is 12.1 Å².